The van der Waals surface area contributed by atoms with Crippen LogP contribution in [0.25, 0.3) is 0 Å². The molecular weight excluding hydrogens is 311 g/mol. The second-order valence-corrected chi connectivity index (χ2v) is 6.09. The molecule has 1 unspecified atom stereocenters. The van der Waals surface area contributed by atoms with E-state index in [2.05, 4.69) is 17.3 Å². The number of nitrogens with one attached hydrogen (secondary N) is 1. The second-order valence-electron chi connectivity index (χ2n) is 5.25. The second kappa shape index (κ2) is 8.20. The Bertz CT molecular complexity index is 471. The summed E-state index contributed by atoms with van der Waals surface area (Å²) in [6, 6.07) is 3.90. The van der Waals surface area contributed by atoms with Crippen molar-refractivity contribution in [3.05, 3.63) is 27.7 Å². The maximum Gasteiger partial charge on any atom is 0.142 e. The lowest BCUT2D eigenvalue weighted by molar-refractivity contribution is 0.160. The Balaban J connectivity index is 1.91. The Hall–Kier alpha value is -0.520. The highest BCUT2D eigenvalue weighted by atomic mass is 35.5. The third kappa shape index (κ3) is 4.73. The van der Waals surface area contributed by atoms with Gasteiger partial charge in [-0.25, -0.2) is 0 Å². The number of methoxy groups -OCH3 is 1. The Labute approximate surface area is 136 Å². The smallest absolute Gasteiger partial charge is 0.142 e. The third-order valence-electron chi connectivity index (χ3n) is 3.63. The molecule has 1 N–H and O–H groups in total. The molecule has 1 aromatic rings. The van der Waals surface area contributed by atoms with Gasteiger partial charge >= 0.3 is 0 Å². The van der Waals surface area contributed by atoms with Crippen LogP contribution < -0.4 is 10.1 Å². The Morgan fingerprint density at radius 2 is 2.19 bits per heavy atom. The molecule has 0 saturated heterocycles. The van der Waals surface area contributed by atoms with E-state index in [0.717, 1.165) is 44.0 Å². The first-order valence-corrected chi connectivity index (χ1v) is 7.90. The number of nitrogens with zero attached hydrogens (tertiary/aromatic N) is 1. The average Bonchev–Trinajstić information content (AvgIpc) is 2.45. The fourth-order valence-electron chi connectivity index (χ4n) is 2.43. The molecule has 2 rings (SSSR count). The topological polar surface area (TPSA) is 33.7 Å². The SMILES string of the molecule is COCCN(C)CCNC1CCOc2c(Cl)cc(Cl)cc21. The summed E-state index contributed by atoms with van der Waals surface area (Å²) in [5.74, 6) is 0.762. The lowest BCUT2D eigenvalue weighted by Crippen LogP contribution is -2.35. The molecule has 4 nitrogen and oxygen atoms in total. The number of rotatable bonds is 7. The highest BCUT2D eigenvalue weighted by Crippen LogP contribution is 2.39. The van der Waals surface area contributed by atoms with Crippen molar-refractivity contribution in [3.8, 4) is 5.75 Å². The number of likely N-dealkylation sites (N-methyl/N-ethyl adjacent to an activating group) is 1. The number of ether oxygens (including phenoxy) is 2. The molecule has 1 aliphatic heterocycles. The van der Waals surface area contributed by atoms with Gasteiger partial charge < -0.3 is 19.7 Å². The van der Waals surface area contributed by atoms with Gasteiger partial charge in [-0.15, -0.1) is 0 Å². The van der Waals surface area contributed by atoms with E-state index in [4.69, 9.17) is 32.7 Å². The lowest BCUT2D eigenvalue weighted by Gasteiger charge is -2.28. The van der Waals surface area contributed by atoms with Gasteiger partial charge in [0, 0.05) is 49.8 Å². The number of fused-ring (bicyclic) bond motifs is 1. The van der Waals surface area contributed by atoms with Crippen molar-refractivity contribution in [1.29, 1.82) is 0 Å². The zero-order valence-corrected chi connectivity index (χ0v) is 14.0. The van der Waals surface area contributed by atoms with Gasteiger partial charge in [0.25, 0.3) is 0 Å². The predicted molar refractivity (Wildman–Crippen MR) is 86.7 cm³/mol. The normalized spacial score (nSPS) is 17.7. The van der Waals surface area contributed by atoms with E-state index in [1.165, 1.54) is 0 Å². The minimum atomic E-state index is 0.237. The molecule has 118 valence electrons. The molecule has 21 heavy (non-hydrogen) atoms. The molecule has 0 bridgehead atoms. The summed E-state index contributed by atoms with van der Waals surface area (Å²) in [7, 11) is 3.81. The van der Waals surface area contributed by atoms with Crippen molar-refractivity contribution in [3.63, 3.8) is 0 Å². The monoisotopic (exact) mass is 332 g/mol. The molecule has 0 radical (unpaired) electrons. The van der Waals surface area contributed by atoms with E-state index >= 15 is 0 Å². The molecule has 1 atom stereocenters. The summed E-state index contributed by atoms with van der Waals surface area (Å²) >= 11 is 12.3. The highest BCUT2D eigenvalue weighted by molar-refractivity contribution is 6.35. The number of hydrogen-bond donors (Lipinski definition) is 1. The zero-order valence-electron chi connectivity index (χ0n) is 12.5. The van der Waals surface area contributed by atoms with Gasteiger partial charge in [-0.2, -0.15) is 0 Å². The summed E-state index contributed by atoms with van der Waals surface area (Å²) in [5, 5.41) is 4.79. The lowest BCUT2D eigenvalue weighted by atomic mass is 10.0. The Morgan fingerprint density at radius 3 is 2.95 bits per heavy atom. The molecular formula is C15H22Cl2N2O2. The van der Waals surface area contributed by atoms with Crippen molar-refractivity contribution in [2.45, 2.75) is 12.5 Å². The van der Waals surface area contributed by atoms with Gasteiger partial charge in [-0.3, -0.25) is 0 Å². The maximum absolute atomic E-state index is 6.20. The van der Waals surface area contributed by atoms with Crippen molar-refractivity contribution >= 4 is 23.2 Å². The summed E-state index contributed by atoms with van der Waals surface area (Å²) in [6.07, 6.45) is 0.922. The van der Waals surface area contributed by atoms with Crippen LogP contribution in [0.5, 0.6) is 5.75 Å². The molecule has 0 spiro atoms. The minimum Gasteiger partial charge on any atom is -0.492 e. The summed E-state index contributed by atoms with van der Waals surface area (Å²) in [6.45, 7) is 4.21. The first kappa shape index (κ1) is 16.8. The van der Waals surface area contributed by atoms with Gasteiger partial charge in [-0.05, 0) is 19.2 Å². The Morgan fingerprint density at radius 1 is 1.38 bits per heavy atom. The van der Waals surface area contributed by atoms with E-state index < -0.39 is 0 Å². The van der Waals surface area contributed by atoms with Gasteiger partial charge in [0.05, 0.1) is 18.2 Å². The van der Waals surface area contributed by atoms with Gasteiger partial charge in [0.1, 0.15) is 5.75 Å². The molecule has 0 aliphatic carbocycles. The molecule has 0 aromatic heterocycles. The molecule has 0 fully saturated rings. The summed E-state index contributed by atoms with van der Waals surface area (Å²) in [5.41, 5.74) is 1.05. The quantitative estimate of drug-likeness (QED) is 0.832. The first-order valence-electron chi connectivity index (χ1n) is 7.14. The van der Waals surface area contributed by atoms with Crippen LogP contribution in [0.4, 0.5) is 0 Å². The molecule has 0 saturated carbocycles. The van der Waals surface area contributed by atoms with E-state index in [1.807, 2.05) is 6.07 Å². The van der Waals surface area contributed by atoms with Crippen LogP contribution in [0.1, 0.15) is 18.0 Å². The average molecular weight is 333 g/mol. The predicted octanol–water partition coefficient (Wildman–Crippen LogP) is 2.98. The molecule has 1 aliphatic rings. The van der Waals surface area contributed by atoms with E-state index in [9.17, 15) is 0 Å². The summed E-state index contributed by atoms with van der Waals surface area (Å²) in [4.78, 5) is 2.24. The highest BCUT2D eigenvalue weighted by Gasteiger charge is 2.23. The molecule has 1 aromatic carbocycles. The van der Waals surface area contributed by atoms with E-state index in [1.54, 1.807) is 13.2 Å². The fourth-order valence-corrected chi connectivity index (χ4v) is 2.99. The van der Waals surface area contributed by atoms with E-state index in [0.29, 0.717) is 16.7 Å². The van der Waals surface area contributed by atoms with Crippen molar-refractivity contribution in [2.24, 2.45) is 0 Å². The van der Waals surface area contributed by atoms with E-state index in [-0.39, 0.29) is 6.04 Å². The third-order valence-corrected chi connectivity index (χ3v) is 4.13. The zero-order chi connectivity index (χ0) is 15.2. The van der Waals surface area contributed by atoms with Crippen molar-refractivity contribution in [2.75, 3.05) is 47.0 Å². The number of hydrogen-bond acceptors (Lipinski definition) is 4. The minimum absolute atomic E-state index is 0.237. The standard InChI is InChI=1S/C15H22Cl2N2O2/c1-19(6-8-20-2)5-4-18-14-3-7-21-15-12(14)9-11(16)10-13(15)17/h9-10,14,18H,3-8H2,1-2H3. The van der Waals surface area contributed by atoms with Crippen LogP contribution in [-0.2, 0) is 4.74 Å². The van der Waals surface area contributed by atoms with Gasteiger partial charge in [0.2, 0.25) is 0 Å². The summed E-state index contributed by atoms with van der Waals surface area (Å²) < 4.78 is 10.7. The van der Waals surface area contributed by atoms with Crippen LogP contribution >= 0.6 is 23.2 Å². The molecule has 6 heteroatoms. The number of benzene rings is 1. The van der Waals surface area contributed by atoms with Gasteiger partial charge in [0.15, 0.2) is 0 Å². The number of halogens is 2. The maximum atomic E-state index is 6.20. The van der Waals surface area contributed by atoms with Crippen LogP contribution in [0.3, 0.4) is 0 Å². The molecule has 1 heterocycles. The van der Waals surface area contributed by atoms with Crippen molar-refractivity contribution < 1.29 is 9.47 Å². The van der Waals surface area contributed by atoms with Crippen LogP contribution in [-0.4, -0.2) is 51.9 Å². The fraction of sp³-hybridized carbons (Fsp3) is 0.600. The van der Waals surface area contributed by atoms with Crippen LogP contribution in [0.15, 0.2) is 12.1 Å². The Kier molecular flexibility index (Phi) is 6.58. The van der Waals surface area contributed by atoms with Crippen LogP contribution in [0.2, 0.25) is 10.0 Å². The van der Waals surface area contributed by atoms with Gasteiger partial charge in [-0.1, -0.05) is 23.2 Å². The molecule has 0 amide bonds. The van der Waals surface area contributed by atoms with Crippen LogP contribution in [0, 0.1) is 0 Å². The largest absolute Gasteiger partial charge is 0.492 e. The first-order chi connectivity index (χ1) is 10.1. The van der Waals surface area contributed by atoms with Crippen molar-refractivity contribution in [1.82, 2.24) is 10.2 Å².